The summed E-state index contributed by atoms with van der Waals surface area (Å²) in [5.74, 6) is -0.0626. The minimum absolute atomic E-state index is 0.0626. The number of nitrogens with two attached hydrogens (primary N) is 1. The van der Waals surface area contributed by atoms with Crippen molar-refractivity contribution in [2.45, 2.75) is 39.9 Å². The van der Waals surface area contributed by atoms with E-state index in [0.29, 0.717) is 25.2 Å². The highest BCUT2D eigenvalue weighted by Crippen LogP contribution is 2.26. The lowest BCUT2D eigenvalue weighted by atomic mass is 10.1. The van der Waals surface area contributed by atoms with E-state index in [2.05, 4.69) is 41.2 Å². The Balaban J connectivity index is 1.49. The Morgan fingerprint density at radius 2 is 1.81 bits per heavy atom. The van der Waals surface area contributed by atoms with Crippen molar-refractivity contribution in [2.24, 2.45) is 5.73 Å². The lowest BCUT2D eigenvalue weighted by Crippen LogP contribution is -2.25. The van der Waals surface area contributed by atoms with Crippen molar-refractivity contribution in [3.8, 4) is 10.6 Å². The predicted molar refractivity (Wildman–Crippen MR) is 131 cm³/mol. The van der Waals surface area contributed by atoms with E-state index >= 15 is 0 Å². The van der Waals surface area contributed by atoms with Gasteiger partial charge in [0.1, 0.15) is 10.7 Å². The first kappa shape index (κ1) is 22.0. The zero-order chi connectivity index (χ0) is 22.5. The lowest BCUT2D eigenvalue weighted by Gasteiger charge is -2.12. The standard InChI is InChI=1S/C26H28N4OS/c1-3-30-23(14-22-17-32-26(29-22)21-7-5-4-6-8-21)18(2)13-24(30)25(31)28-16-20-11-9-19(15-27)10-12-20/h4-13,17H,3,14-16,27H2,1-2H3,(H,28,31). The van der Waals surface area contributed by atoms with Crippen LogP contribution in [0.15, 0.2) is 66.0 Å². The van der Waals surface area contributed by atoms with Crippen LogP contribution in [-0.4, -0.2) is 15.5 Å². The van der Waals surface area contributed by atoms with Crippen LogP contribution in [0.4, 0.5) is 0 Å². The van der Waals surface area contributed by atoms with Gasteiger partial charge in [0, 0.05) is 42.7 Å². The van der Waals surface area contributed by atoms with Crippen LogP contribution in [0.5, 0.6) is 0 Å². The Hall–Kier alpha value is -3.22. The van der Waals surface area contributed by atoms with E-state index in [0.717, 1.165) is 45.2 Å². The van der Waals surface area contributed by atoms with Crippen molar-refractivity contribution in [1.29, 1.82) is 0 Å². The molecule has 2 aromatic heterocycles. The average molecular weight is 445 g/mol. The first-order valence-corrected chi connectivity index (χ1v) is 11.7. The molecule has 4 rings (SSSR count). The molecule has 0 bridgehead atoms. The Morgan fingerprint density at radius 1 is 1.09 bits per heavy atom. The van der Waals surface area contributed by atoms with Gasteiger partial charge in [-0.2, -0.15) is 0 Å². The minimum Gasteiger partial charge on any atom is -0.347 e. The summed E-state index contributed by atoms with van der Waals surface area (Å²) < 4.78 is 2.10. The Morgan fingerprint density at radius 3 is 2.50 bits per heavy atom. The number of hydrogen-bond acceptors (Lipinski definition) is 4. The topological polar surface area (TPSA) is 72.9 Å². The van der Waals surface area contributed by atoms with Crippen LogP contribution < -0.4 is 11.1 Å². The molecule has 5 nitrogen and oxygen atoms in total. The Labute approximate surface area is 192 Å². The van der Waals surface area contributed by atoms with E-state index in [1.807, 2.05) is 48.5 Å². The highest BCUT2D eigenvalue weighted by molar-refractivity contribution is 7.13. The lowest BCUT2D eigenvalue weighted by molar-refractivity contribution is 0.0941. The normalized spacial score (nSPS) is 11.0. The molecule has 1 amide bonds. The molecule has 0 unspecified atom stereocenters. The maximum Gasteiger partial charge on any atom is 0.268 e. The molecule has 6 heteroatoms. The number of hydrogen-bond donors (Lipinski definition) is 2. The monoisotopic (exact) mass is 444 g/mol. The van der Waals surface area contributed by atoms with E-state index < -0.39 is 0 Å². The van der Waals surface area contributed by atoms with Crippen LogP contribution in [0.3, 0.4) is 0 Å². The molecule has 3 N–H and O–H groups in total. The molecule has 164 valence electrons. The highest BCUT2D eigenvalue weighted by Gasteiger charge is 2.18. The summed E-state index contributed by atoms with van der Waals surface area (Å²) >= 11 is 1.66. The van der Waals surface area contributed by atoms with E-state index in [-0.39, 0.29) is 5.91 Å². The first-order valence-electron chi connectivity index (χ1n) is 10.8. The van der Waals surface area contributed by atoms with Crippen molar-refractivity contribution in [1.82, 2.24) is 14.9 Å². The van der Waals surface area contributed by atoms with Gasteiger partial charge in [-0.05, 0) is 36.6 Å². The number of carbonyl (C=O) groups is 1. The predicted octanol–water partition coefficient (Wildman–Crippen LogP) is 4.92. The quantitative estimate of drug-likeness (QED) is 0.405. The van der Waals surface area contributed by atoms with Gasteiger partial charge in [-0.1, -0.05) is 54.6 Å². The number of rotatable bonds is 8. The molecule has 0 atom stereocenters. The third-order valence-corrected chi connectivity index (χ3v) is 6.55. The van der Waals surface area contributed by atoms with Gasteiger partial charge in [-0.3, -0.25) is 4.79 Å². The molecule has 0 spiro atoms. The van der Waals surface area contributed by atoms with Crippen LogP contribution in [0.2, 0.25) is 0 Å². The summed E-state index contributed by atoms with van der Waals surface area (Å²) in [6.45, 7) is 5.87. The largest absolute Gasteiger partial charge is 0.347 e. The number of carbonyl (C=O) groups excluding carboxylic acids is 1. The SMILES string of the molecule is CCn1c(C(=O)NCc2ccc(CN)cc2)cc(C)c1Cc1csc(-c2ccccc2)n1. The summed E-state index contributed by atoms with van der Waals surface area (Å²) in [5, 5.41) is 6.18. The van der Waals surface area contributed by atoms with Crippen LogP contribution in [0.1, 0.15) is 45.5 Å². The molecule has 4 aromatic rings. The number of aryl methyl sites for hydroxylation is 1. The molecule has 0 fully saturated rings. The zero-order valence-electron chi connectivity index (χ0n) is 18.5. The van der Waals surface area contributed by atoms with Crippen molar-refractivity contribution >= 4 is 17.2 Å². The van der Waals surface area contributed by atoms with Gasteiger partial charge in [0.15, 0.2) is 0 Å². The zero-order valence-corrected chi connectivity index (χ0v) is 19.3. The number of nitrogens with zero attached hydrogens (tertiary/aromatic N) is 2. The second-order valence-electron chi connectivity index (χ2n) is 7.79. The van der Waals surface area contributed by atoms with Gasteiger partial charge in [-0.25, -0.2) is 4.98 Å². The number of nitrogens with one attached hydrogen (secondary N) is 1. The fourth-order valence-electron chi connectivity index (χ4n) is 3.85. The summed E-state index contributed by atoms with van der Waals surface area (Å²) in [4.78, 5) is 17.8. The van der Waals surface area contributed by atoms with Gasteiger partial charge < -0.3 is 15.6 Å². The van der Waals surface area contributed by atoms with Crippen molar-refractivity contribution in [3.63, 3.8) is 0 Å². The van der Waals surface area contributed by atoms with Crippen LogP contribution in [-0.2, 0) is 26.1 Å². The first-order chi connectivity index (χ1) is 15.6. The molecule has 2 heterocycles. The highest BCUT2D eigenvalue weighted by atomic mass is 32.1. The number of amides is 1. The number of aromatic nitrogens is 2. The van der Waals surface area contributed by atoms with Crippen molar-refractivity contribution in [2.75, 3.05) is 0 Å². The average Bonchev–Trinajstić information content (AvgIpc) is 3.43. The molecular weight excluding hydrogens is 416 g/mol. The summed E-state index contributed by atoms with van der Waals surface area (Å²) in [6, 6.07) is 20.2. The Bertz CT molecular complexity index is 1190. The van der Waals surface area contributed by atoms with E-state index in [9.17, 15) is 4.79 Å². The molecule has 0 radical (unpaired) electrons. The third-order valence-electron chi connectivity index (χ3n) is 5.61. The fourth-order valence-corrected chi connectivity index (χ4v) is 4.67. The Kier molecular flexibility index (Phi) is 6.83. The van der Waals surface area contributed by atoms with Gasteiger partial charge >= 0.3 is 0 Å². The number of thiazole rings is 1. The minimum atomic E-state index is -0.0626. The summed E-state index contributed by atoms with van der Waals surface area (Å²) in [6.07, 6.45) is 0.705. The van der Waals surface area contributed by atoms with Crippen molar-refractivity contribution < 1.29 is 4.79 Å². The van der Waals surface area contributed by atoms with Crippen LogP contribution in [0.25, 0.3) is 10.6 Å². The second kappa shape index (κ2) is 9.94. The van der Waals surface area contributed by atoms with Gasteiger partial charge in [0.2, 0.25) is 0 Å². The smallest absolute Gasteiger partial charge is 0.268 e. The van der Waals surface area contributed by atoms with Crippen LogP contribution >= 0.6 is 11.3 Å². The molecular formula is C26H28N4OS. The summed E-state index contributed by atoms with van der Waals surface area (Å²) in [7, 11) is 0. The molecule has 2 aromatic carbocycles. The number of benzene rings is 2. The third kappa shape index (κ3) is 4.82. The van der Waals surface area contributed by atoms with E-state index in [1.54, 1.807) is 11.3 Å². The van der Waals surface area contributed by atoms with E-state index in [1.165, 1.54) is 0 Å². The fraction of sp³-hybridized carbons (Fsp3) is 0.231. The molecule has 32 heavy (non-hydrogen) atoms. The second-order valence-corrected chi connectivity index (χ2v) is 8.65. The molecule has 0 saturated heterocycles. The van der Waals surface area contributed by atoms with Crippen LogP contribution in [0, 0.1) is 6.92 Å². The molecule has 0 aliphatic carbocycles. The maximum atomic E-state index is 13.0. The molecule has 0 aliphatic rings. The van der Waals surface area contributed by atoms with Gasteiger partial charge in [0.25, 0.3) is 5.91 Å². The maximum absolute atomic E-state index is 13.0. The molecule has 0 saturated carbocycles. The molecule has 0 aliphatic heterocycles. The van der Waals surface area contributed by atoms with Crippen molar-refractivity contribution in [3.05, 3.63) is 99.8 Å². The van der Waals surface area contributed by atoms with E-state index in [4.69, 9.17) is 10.7 Å². The van der Waals surface area contributed by atoms with Gasteiger partial charge in [-0.15, -0.1) is 11.3 Å². The summed E-state index contributed by atoms with van der Waals surface area (Å²) in [5.41, 5.74) is 12.9. The van der Waals surface area contributed by atoms with Gasteiger partial charge in [0.05, 0.1) is 5.69 Å².